The molecule has 1 aliphatic rings. The molecule has 0 aromatic carbocycles. The zero-order chi connectivity index (χ0) is 11.2. The Morgan fingerprint density at radius 1 is 1.69 bits per heavy atom. The maximum absolute atomic E-state index is 4.32. The summed E-state index contributed by atoms with van der Waals surface area (Å²) in [6.07, 6.45) is 3.08. The Bertz CT molecular complexity index is 283. The molecule has 5 heteroatoms. The van der Waals surface area contributed by atoms with E-state index >= 15 is 0 Å². The van der Waals surface area contributed by atoms with Gasteiger partial charge in [-0.05, 0) is 19.9 Å². The number of aromatic nitrogens is 1. The molecular weight excluding hydrogens is 238 g/mol. The van der Waals surface area contributed by atoms with Gasteiger partial charge in [0, 0.05) is 35.7 Å². The van der Waals surface area contributed by atoms with E-state index in [1.807, 2.05) is 11.6 Å². The van der Waals surface area contributed by atoms with Crippen LogP contribution in [0.5, 0.6) is 0 Å². The molecule has 1 saturated heterocycles. The van der Waals surface area contributed by atoms with Gasteiger partial charge in [-0.3, -0.25) is 0 Å². The minimum atomic E-state index is 0.385. The predicted octanol–water partition coefficient (Wildman–Crippen LogP) is 1.89. The number of rotatable bonds is 5. The van der Waals surface area contributed by atoms with Gasteiger partial charge in [-0.15, -0.1) is 11.3 Å². The van der Waals surface area contributed by atoms with Crippen LogP contribution in [0.3, 0.4) is 0 Å². The van der Waals surface area contributed by atoms with Crippen LogP contribution in [-0.4, -0.2) is 35.6 Å². The highest BCUT2D eigenvalue weighted by atomic mass is 32.2. The van der Waals surface area contributed by atoms with Crippen molar-refractivity contribution in [3.8, 4) is 0 Å². The van der Waals surface area contributed by atoms with Crippen LogP contribution in [0.25, 0.3) is 0 Å². The molecule has 1 aromatic heterocycles. The van der Waals surface area contributed by atoms with Gasteiger partial charge in [-0.2, -0.15) is 11.8 Å². The van der Waals surface area contributed by atoms with Gasteiger partial charge in [-0.1, -0.05) is 0 Å². The molecule has 2 N–H and O–H groups in total. The maximum atomic E-state index is 4.32. The Balaban J connectivity index is 1.63. The summed E-state index contributed by atoms with van der Waals surface area (Å²) in [4.78, 5) is 4.32. The Labute approximate surface area is 105 Å². The summed E-state index contributed by atoms with van der Waals surface area (Å²) < 4.78 is 0. The summed E-state index contributed by atoms with van der Waals surface area (Å²) in [5.41, 5.74) is 0. The van der Waals surface area contributed by atoms with Crippen molar-refractivity contribution in [2.75, 3.05) is 24.6 Å². The van der Waals surface area contributed by atoms with Crippen LogP contribution in [0.15, 0.2) is 11.6 Å². The number of hydrogen-bond acceptors (Lipinski definition) is 5. The van der Waals surface area contributed by atoms with Crippen molar-refractivity contribution >= 4 is 23.1 Å². The van der Waals surface area contributed by atoms with E-state index in [-0.39, 0.29) is 0 Å². The summed E-state index contributed by atoms with van der Waals surface area (Å²) in [6.45, 7) is 4.41. The Morgan fingerprint density at radius 3 is 3.31 bits per heavy atom. The largest absolute Gasteiger partial charge is 0.312 e. The smallest absolute Gasteiger partial charge is 0.109 e. The van der Waals surface area contributed by atoms with Gasteiger partial charge >= 0.3 is 0 Å². The molecule has 0 aliphatic carbocycles. The topological polar surface area (TPSA) is 37.0 Å². The molecule has 3 nitrogen and oxygen atoms in total. The van der Waals surface area contributed by atoms with Gasteiger partial charge in [0.25, 0.3) is 0 Å². The van der Waals surface area contributed by atoms with Crippen molar-refractivity contribution in [3.63, 3.8) is 0 Å². The maximum Gasteiger partial charge on any atom is 0.109 e. The molecule has 0 bridgehead atoms. The molecule has 2 heterocycles. The average Bonchev–Trinajstić information content (AvgIpc) is 2.84. The zero-order valence-electron chi connectivity index (χ0n) is 9.61. The third-order valence-electron chi connectivity index (χ3n) is 2.76. The SMILES string of the molecule is CC(NCCC1CSCCN1)c1nccs1. The lowest BCUT2D eigenvalue weighted by atomic mass is 10.2. The van der Waals surface area contributed by atoms with Crippen molar-refractivity contribution in [2.24, 2.45) is 0 Å². The number of nitrogens with one attached hydrogen (secondary N) is 2. The molecule has 90 valence electrons. The second-order valence-corrected chi connectivity index (χ2v) is 6.14. The van der Waals surface area contributed by atoms with Crippen molar-refractivity contribution in [3.05, 3.63) is 16.6 Å². The molecule has 0 saturated carbocycles. The van der Waals surface area contributed by atoms with Crippen LogP contribution in [0, 0.1) is 0 Å². The molecule has 1 fully saturated rings. The fourth-order valence-electron chi connectivity index (χ4n) is 1.81. The van der Waals surface area contributed by atoms with Crippen LogP contribution in [0.2, 0.25) is 0 Å². The second-order valence-electron chi connectivity index (χ2n) is 4.06. The number of thioether (sulfide) groups is 1. The fraction of sp³-hybridized carbons (Fsp3) is 0.727. The van der Waals surface area contributed by atoms with E-state index in [4.69, 9.17) is 0 Å². The van der Waals surface area contributed by atoms with E-state index in [0.717, 1.165) is 13.1 Å². The lowest BCUT2D eigenvalue weighted by molar-refractivity contribution is 0.478. The third kappa shape index (κ3) is 3.73. The van der Waals surface area contributed by atoms with Crippen molar-refractivity contribution in [1.82, 2.24) is 15.6 Å². The molecule has 1 aromatic rings. The van der Waals surface area contributed by atoms with E-state index < -0.39 is 0 Å². The van der Waals surface area contributed by atoms with E-state index in [2.05, 4.69) is 34.3 Å². The van der Waals surface area contributed by atoms with Gasteiger partial charge in [0.05, 0.1) is 6.04 Å². The standard InChI is InChI=1S/C11H19N3S2/c1-9(11-14-5-7-16-11)12-3-2-10-8-15-6-4-13-10/h5,7,9-10,12-13H,2-4,6,8H2,1H3. The Kier molecular flexibility index (Phi) is 5.09. The van der Waals surface area contributed by atoms with Crippen molar-refractivity contribution in [2.45, 2.75) is 25.4 Å². The zero-order valence-corrected chi connectivity index (χ0v) is 11.2. The first-order valence-electron chi connectivity index (χ1n) is 5.80. The number of nitrogens with zero attached hydrogens (tertiary/aromatic N) is 1. The molecule has 16 heavy (non-hydrogen) atoms. The number of thiazole rings is 1. The van der Waals surface area contributed by atoms with Crippen LogP contribution in [0.1, 0.15) is 24.4 Å². The minimum Gasteiger partial charge on any atom is -0.312 e. The summed E-state index contributed by atoms with van der Waals surface area (Å²) in [6, 6.07) is 1.07. The molecule has 0 spiro atoms. The monoisotopic (exact) mass is 257 g/mol. The van der Waals surface area contributed by atoms with Crippen molar-refractivity contribution in [1.29, 1.82) is 0 Å². The van der Waals surface area contributed by atoms with Crippen LogP contribution < -0.4 is 10.6 Å². The van der Waals surface area contributed by atoms with Crippen LogP contribution >= 0.6 is 23.1 Å². The van der Waals surface area contributed by atoms with Gasteiger partial charge < -0.3 is 10.6 Å². The lowest BCUT2D eigenvalue weighted by Crippen LogP contribution is -2.39. The molecule has 2 rings (SSSR count). The van der Waals surface area contributed by atoms with Gasteiger partial charge in [-0.25, -0.2) is 4.98 Å². The summed E-state index contributed by atoms with van der Waals surface area (Å²) >= 11 is 3.78. The first-order valence-corrected chi connectivity index (χ1v) is 7.83. The van der Waals surface area contributed by atoms with E-state index in [1.165, 1.54) is 22.9 Å². The molecule has 0 amide bonds. The molecular formula is C11H19N3S2. The van der Waals surface area contributed by atoms with Gasteiger partial charge in [0.1, 0.15) is 5.01 Å². The second kappa shape index (κ2) is 6.59. The predicted molar refractivity (Wildman–Crippen MR) is 72.3 cm³/mol. The normalized spacial score (nSPS) is 23.2. The Hall–Kier alpha value is -0.100. The van der Waals surface area contributed by atoms with E-state index in [9.17, 15) is 0 Å². The first-order chi connectivity index (χ1) is 7.86. The van der Waals surface area contributed by atoms with E-state index in [0.29, 0.717) is 12.1 Å². The highest BCUT2D eigenvalue weighted by Crippen LogP contribution is 2.15. The first kappa shape index (κ1) is 12.4. The summed E-state index contributed by atoms with van der Waals surface area (Å²) in [5, 5.41) is 10.3. The van der Waals surface area contributed by atoms with Crippen molar-refractivity contribution < 1.29 is 0 Å². The quantitative estimate of drug-likeness (QED) is 0.844. The van der Waals surface area contributed by atoms with Gasteiger partial charge in [0.2, 0.25) is 0 Å². The molecule has 2 unspecified atom stereocenters. The van der Waals surface area contributed by atoms with Gasteiger partial charge in [0.15, 0.2) is 0 Å². The average molecular weight is 257 g/mol. The highest BCUT2D eigenvalue weighted by Gasteiger charge is 2.13. The fourth-order valence-corrected chi connectivity index (χ4v) is 3.48. The molecule has 2 atom stereocenters. The van der Waals surface area contributed by atoms with Crippen LogP contribution in [0.4, 0.5) is 0 Å². The minimum absolute atomic E-state index is 0.385. The Morgan fingerprint density at radius 2 is 2.62 bits per heavy atom. The summed E-state index contributed by atoms with van der Waals surface area (Å²) in [5.74, 6) is 2.52. The highest BCUT2D eigenvalue weighted by molar-refractivity contribution is 7.99. The van der Waals surface area contributed by atoms with Crippen LogP contribution in [-0.2, 0) is 0 Å². The van der Waals surface area contributed by atoms with E-state index in [1.54, 1.807) is 11.3 Å². The third-order valence-corrected chi connectivity index (χ3v) is 4.85. The summed E-state index contributed by atoms with van der Waals surface area (Å²) in [7, 11) is 0. The molecule has 1 aliphatic heterocycles. The number of hydrogen-bond donors (Lipinski definition) is 2. The molecule has 0 radical (unpaired) electrons. The lowest BCUT2D eigenvalue weighted by Gasteiger charge is -2.23.